The summed E-state index contributed by atoms with van der Waals surface area (Å²) in [5.74, 6) is 0.679. The smallest absolute Gasteiger partial charge is 0.0707 e. The van der Waals surface area contributed by atoms with Gasteiger partial charge in [-0.1, -0.05) is 13.8 Å². The molecule has 0 bridgehead atoms. The van der Waals surface area contributed by atoms with Gasteiger partial charge < -0.3 is 15.2 Å². The summed E-state index contributed by atoms with van der Waals surface area (Å²) in [4.78, 5) is 2.44. The third-order valence-electron chi connectivity index (χ3n) is 3.16. The molecule has 0 aromatic carbocycles. The number of hydrogen-bond acceptors (Lipinski definition) is 4. The van der Waals surface area contributed by atoms with E-state index in [4.69, 9.17) is 15.2 Å². The van der Waals surface area contributed by atoms with Crippen LogP contribution in [-0.2, 0) is 9.47 Å². The van der Waals surface area contributed by atoms with Gasteiger partial charge in [-0.2, -0.15) is 0 Å². The fraction of sp³-hybridized carbons (Fsp3) is 1.00. The van der Waals surface area contributed by atoms with Crippen LogP contribution in [0.15, 0.2) is 0 Å². The molecule has 1 heterocycles. The minimum absolute atomic E-state index is 0.281. The Labute approximate surface area is 105 Å². The maximum Gasteiger partial charge on any atom is 0.0707 e. The Morgan fingerprint density at radius 2 is 2.06 bits per heavy atom. The Kier molecular flexibility index (Phi) is 7.04. The van der Waals surface area contributed by atoms with Crippen LogP contribution in [0.4, 0.5) is 0 Å². The maximum absolute atomic E-state index is 5.90. The van der Waals surface area contributed by atoms with Gasteiger partial charge in [0.05, 0.1) is 18.8 Å². The lowest BCUT2D eigenvalue weighted by Crippen LogP contribution is -2.37. The molecule has 1 aliphatic rings. The molecule has 0 aromatic heterocycles. The van der Waals surface area contributed by atoms with Crippen LogP contribution < -0.4 is 5.73 Å². The van der Waals surface area contributed by atoms with Crippen molar-refractivity contribution in [3.05, 3.63) is 0 Å². The van der Waals surface area contributed by atoms with Crippen molar-refractivity contribution in [3.8, 4) is 0 Å². The van der Waals surface area contributed by atoms with Crippen LogP contribution in [0.25, 0.3) is 0 Å². The molecule has 2 N–H and O–H groups in total. The molecule has 2 atom stereocenters. The number of nitrogens with two attached hydrogens (primary N) is 1. The highest BCUT2D eigenvalue weighted by Gasteiger charge is 2.25. The number of hydrogen-bond donors (Lipinski definition) is 1. The Morgan fingerprint density at radius 3 is 2.59 bits per heavy atom. The summed E-state index contributed by atoms with van der Waals surface area (Å²) in [5, 5.41) is 0. The lowest BCUT2D eigenvalue weighted by molar-refractivity contribution is 0.0196. The second kappa shape index (κ2) is 8.03. The highest BCUT2D eigenvalue weighted by molar-refractivity contribution is 4.77. The molecule has 102 valence electrons. The Morgan fingerprint density at radius 1 is 1.35 bits per heavy atom. The van der Waals surface area contributed by atoms with Crippen LogP contribution >= 0.6 is 0 Å². The Bertz CT molecular complexity index is 200. The molecule has 1 rings (SSSR count). The fourth-order valence-corrected chi connectivity index (χ4v) is 2.37. The van der Waals surface area contributed by atoms with Crippen molar-refractivity contribution in [1.82, 2.24) is 4.90 Å². The molecular formula is C13H28N2O2. The zero-order valence-electron chi connectivity index (χ0n) is 11.5. The summed E-state index contributed by atoms with van der Waals surface area (Å²) >= 11 is 0. The van der Waals surface area contributed by atoms with E-state index in [0.29, 0.717) is 18.6 Å². The first kappa shape index (κ1) is 14.9. The van der Waals surface area contributed by atoms with Gasteiger partial charge in [0.25, 0.3) is 0 Å². The lowest BCUT2D eigenvalue weighted by atomic mass is 10.1. The largest absolute Gasteiger partial charge is 0.383 e. The highest BCUT2D eigenvalue weighted by Crippen LogP contribution is 2.20. The van der Waals surface area contributed by atoms with Crippen LogP contribution in [-0.4, -0.2) is 57.0 Å². The molecule has 0 radical (unpaired) electrons. The monoisotopic (exact) mass is 244 g/mol. The van der Waals surface area contributed by atoms with Gasteiger partial charge in [-0.15, -0.1) is 0 Å². The molecule has 1 saturated heterocycles. The van der Waals surface area contributed by atoms with Gasteiger partial charge in [0.2, 0.25) is 0 Å². The predicted molar refractivity (Wildman–Crippen MR) is 70.1 cm³/mol. The number of rotatable bonds is 8. The SMILES string of the molecule is COCCN(CC(C)C)CC1CCC(CN)O1. The van der Waals surface area contributed by atoms with Crippen LogP contribution in [0.2, 0.25) is 0 Å². The van der Waals surface area contributed by atoms with E-state index in [1.807, 2.05) is 0 Å². The van der Waals surface area contributed by atoms with Crippen LogP contribution in [0.5, 0.6) is 0 Å². The van der Waals surface area contributed by atoms with Crippen molar-refractivity contribution >= 4 is 0 Å². The van der Waals surface area contributed by atoms with E-state index in [-0.39, 0.29) is 6.10 Å². The van der Waals surface area contributed by atoms with Gasteiger partial charge in [0.15, 0.2) is 0 Å². The minimum atomic E-state index is 0.281. The molecule has 0 saturated carbocycles. The molecule has 4 heteroatoms. The first-order valence-electron chi connectivity index (χ1n) is 6.72. The minimum Gasteiger partial charge on any atom is -0.383 e. The predicted octanol–water partition coefficient (Wildman–Crippen LogP) is 1.10. The van der Waals surface area contributed by atoms with Crippen LogP contribution in [0, 0.1) is 5.92 Å². The zero-order valence-corrected chi connectivity index (χ0v) is 11.5. The maximum atomic E-state index is 5.90. The summed E-state index contributed by atoms with van der Waals surface area (Å²) in [6.07, 6.45) is 2.90. The molecule has 0 aliphatic carbocycles. The topological polar surface area (TPSA) is 47.7 Å². The average Bonchev–Trinajstić information content (AvgIpc) is 2.73. The molecular weight excluding hydrogens is 216 g/mol. The first-order chi connectivity index (χ1) is 8.15. The normalized spacial score (nSPS) is 25.1. The van der Waals surface area contributed by atoms with Crippen molar-refractivity contribution in [2.45, 2.75) is 38.9 Å². The van der Waals surface area contributed by atoms with Gasteiger partial charge in [-0.25, -0.2) is 0 Å². The quantitative estimate of drug-likeness (QED) is 0.694. The van der Waals surface area contributed by atoms with Gasteiger partial charge in [0, 0.05) is 33.3 Å². The van der Waals surface area contributed by atoms with Crippen molar-refractivity contribution in [3.63, 3.8) is 0 Å². The molecule has 17 heavy (non-hydrogen) atoms. The molecule has 1 fully saturated rings. The summed E-state index contributed by atoms with van der Waals surface area (Å²) < 4.78 is 11.1. The summed E-state index contributed by atoms with van der Waals surface area (Å²) in [6, 6.07) is 0. The third-order valence-corrected chi connectivity index (χ3v) is 3.16. The van der Waals surface area contributed by atoms with E-state index in [0.717, 1.165) is 39.1 Å². The molecule has 4 nitrogen and oxygen atoms in total. The number of ether oxygens (including phenoxy) is 2. The molecule has 0 spiro atoms. The van der Waals surface area contributed by atoms with E-state index in [1.165, 1.54) is 0 Å². The van der Waals surface area contributed by atoms with E-state index in [2.05, 4.69) is 18.7 Å². The van der Waals surface area contributed by atoms with E-state index >= 15 is 0 Å². The van der Waals surface area contributed by atoms with Crippen molar-refractivity contribution in [2.24, 2.45) is 11.7 Å². The van der Waals surface area contributed by atoms with Crippen LogP contribution in [0.1, 0.15) is 26.7 Å². The lowest BCUT2D eigenvalue weighted by Gasteiger charge is -2.26. The first-order valence-corrected chi connectivity index (χ1v) is 6.72. The average molecular weight is 244 g/mol. The van der Waals surface area contributed by atoms with E-state index in [9.17, 15) is 0 Å². The number of nitrogens with zero attached hydrogens (tertiary/aromatic N) is 1. The van der Waals surface area contributed by atoms with Crippen molar-refractivity contribution < 1.29 is 9.47 Å². The van der Waals surface area contributed by atoms with Crippen molar-refractivity contribution in [1.29, 1.82) is 0 Å². The van der Waals surface area contributed by atoms with Gasteiger partial charge >= 0.3 is 0 Å². The number of methoxy groups -OCH3 is 1. The third kappa shape index (κ3) is 5.82. The molecule has 0 amide bonds. The summed E-state index contributed by atoms with van der Waals surface area (Å²) in [7, 11) is 1.75. The van der Waals surface area contributed by atoms with Gasteiger partial charge in [-0.05, 0) is 18.8 Å². The van der Waals surface area contributed by atoms with Gasteiger partial charge in [0.1, 0.15) is 0 Å². The Balaban J connectivity index is 2.31. The Hall–Kier alpha value is -0.160. The van der Waals surface area contributed by atoms with Crippen molar-refractivity contribution in [2.75, 3.05) is 39.9 Å². The fourth-order valence-electron chi connectivity index (χ4n) is 2.37. The van der Waals surface area contributed by atoms with E-state index in [1.54, 1.807) is 7.11 Å². The summed E-state index contributed by atoms with van der Waals surface area (Å²) in [5.41, 5.74) is 5.63. The molecule has 2 unspecified atom stereocenters. The van der Waals surface area contributed by atoms with E-state index < -0.39 is 0 Å². The molecule has 1 aliphatic heterocycles. The standard InChI is InChI=1S/C13H28N2O2/c1-11(2)9-15(6-7-16-3)10-13-5-4-12(8-14)17-13/h11-13H,4-10,14H2,1-3H3. The zero-order chi connectivity index (χ0) is 12.7. The second-order valence-electron chi connectivity index (χ2n) is 5.34. The highest BCUT2D eigenvalue weighted by atomic mass is 16.5. The second-order valence-corrected chi connectivity index (χ2v) is 5.34. The van der Waals surface area contributed by atoms with Gasteiger partial charge in [-0.3, -0.25) is 4.90 Å². The summed E-state index contributed by atoms with van der Waals surface area (Å²) in [6.45, 7) is 9.05. The van der Waals surface area contributed by atoms with Crippen LogP contribution in [0.3, 0.4) is 0 Å². The molecule has 0 aromatic rings.